The summed E-state index contributed by atoms with van der Waals surface area (Å²) in [6.07, 6.45) is -9.37. The second-order valence-corrected chi connectivity index (χ2v) is 5.83. The van der Waals surface area contributed by atoms with Gasteiger partial charge in [0.05, 0.1) is 5.56 Å². The second kappa shape index (κ2) is 6.62. The number of rotatable bonds is 2. The zero-order valence-electron chi connectivity index (χ0n) is 12.6. The highest BCUT2D eigenvalue weighted by atomic mass is 19.4. The number of alkyl halides is 6. The van der Waals surface area contributed by atoms with E-state index < -0.39 is 41.8 Å². The van der Waals surface area contributed by atoms with Crippen molar-refractivity contribution in [2.24, 2.45) is 0 Å². The zero-order chi connectivity index (χ0) is 18.1. The summed E-state index contributed by atoms with van der Waals surface area (Å²) in [5.74, 6) is -2.48. The van der Waals surface area contributed by atoms with Gasteiger partial charge in [-0.05, 0) is 30.9 Å². The van der Waals surface area contributed by atoms with Crippen LogP contribution in [0.25, 0.3) is 0 Å². The summed E-state index contributed by atoms with van der Waals surface area (Å²) in [6, 6.07) is 3.45. The predicted octanol–water partition coefficient (Wildman–Crippen LogP) is 3.22. The maximum Gasteiger partial charge on any atom is 0.471 e. The molecule has 0 spiro atoms. The number of amides is 1. The lowest BCUT2D eigenvalue weighted by atomic mass is 9.85. The molecule has 0 aromatic heterocycles. The van der Waals surface area contributed by atoms with Gasteiger partial charge in [0.1, 0.15) is 0 Å². The normalized spacial score (nSPS) is 25.4. The van der Waals surface area contributed by atoms with E-state index in [1.165, 1.54) is 12.1 Å². The van der Waals surface area contributed by atoms with E-state index in [1.807, 2.05) is 5.32 Å². The SMILES string of the molecule is CC1NCC(c2cccc(C(F)(F)F)c2)CC1NC(=O)C(F)(F)F. The molecule has 1 aliphatic heterocycles. The minimum atomic E-state index is -5.00. The first-order chi connectivity index (χ1) is 11.0. The van der Waals surface area contributed by atoms with E-state index in [9.17, 15) is 31.1 Å². The Balaban J connectivity index is 2.14. The minimum Gasteiger partial charge on any atom is -0.344 e. The van der Waals surface area contributed by atoms with Gasteiger partial charge in [0.2, 0.25) is 0 Å². The van der Waals surface area contributed by atoms with Gasteiger partial charge < -0.3 is 10.6 Å². The van der Waals surface area contributed by atoms with E-state index in [2.05, 4.69) is 5.32 Å². The summed E-state index contributed by atoms with van der Waals surface area (Å²) in [5, 5.41) is 4.84. The maximum absolute atomic E-state index is 12.8. The molecule has 9 heteroatoms. The van der Waals surface area contributed by atoms with Crippen LogP contribution in [0.3, 0.4) is 0 Å². The molecule has 1 saturated heterocycles. The van der Waals surface area contributed by atoms with E-state index in [0.29, 0.717) is 12.1 Å². The first-order valence-electron chi connectivity index (χ1n) is 7.26. The van der Waals surface area contributed by atoms with E-state index in [4.69, 9.17) is 0 Å². The predicted molar refractivity (Wildman–Crippen MR) is 74.3 cm³/mol. The first kappa shape index (κ1) is 18.6. The Bertz CT molecular complexity index is 598. The van der Waals surface area contributed by atoms with Crippen molar-refractivity contribution >= 4 is 5.91 Å². The highest BCUT2D eigenvalue weighted by molar-refractivity contribution is 5.82. The lowest BCUT2D eigenvalue weighted by Crippen LogP contribution is -2.56. The van der Waals surface area contributed by atoms with Crippen LogP contribution >= 0.6 is 0 Å². The molecule has 1 fully saturated rings. The number of nitrogens with one attached hydrogen (secondary N) is 2. The highest BCUT2D eigenvalue weighted by Crippen LogP contribution is 2.33. The molecule has 3 atom stereocenters. The van der Waals surface area contributed by atoms with Crippen molar-refractivity contribution in [2.75, 3.05) is 6.54 Å². The van der Waals surface area contributed by atoms with Crippen LogP contribution in [0.15, 0.2) is 24.3 Å². The Labute approximate surface area is 134 Å². The van der Waals surface area contributed by atoms with E-state index in [0.717, 1.165) is 12.1 Å². The van der Waals surface area contributed by atoms with Gasteiger partial charge in [0.15, 0.2) is 0 Å². The molecule has 24 heavy (non-hydrogen) atoms. The molecule has 1 aromatic rings. The number of halogens is 6. The number of hydrogen-bond donors (Lipinski definition) is 2. The Morgan fingerprint density at radius 2 is 1.88 bits per heavy atom. The number of hydrogen-bond acceptors (Lipinski definition) is 2. The third kappa shape index (κ3) is 4.40. The molecular weight excluding hydrogens is 338 g/mol. The molecule has 0 aliphatic carbocycles. The molecule has 0 saturated carbocycles. The summed E-state index contributed by atoms with van der Waals surface area (Å²) < 4.78 is 75.5. The summed E-state index contributed by atoms with van der Waals surface area (Å²) >= 11 is 0. The number of carbonyl (C=O) groups is 1. The van der Waals surface area contributed by atoms with Crippen LogP contribution in [0.2, 0.25) is 0 Å². The highest BCUT2D eigenvalue weighted by Gasteiger charge is 2.41. The standard InChI is InChI=1S/C15H16F6N2O/c1-8-12(23-13(24)15(19,20)21)6-10(7-22-8)9-3-2-4-11(5-9)14(16,17)18/h2-5,8,10,12,22H,6-7H2,1H3,(H,23,24). The fourth-order valence-electron chi connectivity index (χ4n) is 2.72. The maximum atomic E-state index is 12.8. The van der Waals surface area contributed by atoms with Crippen LogP contribution in [-0.2, 0) is 11.0 Å². The molecule has 134 valence electrons. The summed E-state index contributed by atoms with van der Waals surface area (Å²) in [6.45, 7) is 1.94. The van der Waals surface area contributed by atoms with Gasteiger partial charge in [-0.25, -0.2) is 0 Å². The van der Waals surface area contributed by atoms with Crippen molar-refractivity contribution < 1.29 is 31.1 Å². The second-order valence-electron chi connectivity index (χ2n) is 5.83. The average molecular weight is 354 g/mol. The summed E-state index contributed by atoms with van der Waals surface area (Å²) in [5.41, 5.74) is -0.440. The topological polar surface area (TPSA) is 41.1 Å². The van der Waals surface area contributed by atoms with Crippen LogP contribution in [-0.4, -0.2) is 30.7 Å². The van der Waals surface area contributed by atoms with Crippen molar-refractivity contribution in [2.45, 2.75) is 43.7 Å². The van der Waals surface area contributed by atoms with Crippen molar-refractivity contribution in [3.63, 3.8) is 0 Å². The van der Waals surface area contributed by atoms with Gasteiger partial charge in [0, 0.05) is 18.6 Å². The molecular formula is C15H16F6N2O. The van der Waals surface area contributed by atoms with Crippen LogP contribution in [0.4, 0.5) is 26.3 Å². The Hall–Kier alpha value is -1.77. The molecule has 1 heterocycles. The average Bonchev–Trinajstić information content (AvgIpc) is 2.47. The Morgan fingerprint density at radius 3 is 2.46 bits per heavy atom. The lowest BCUT2D eigenvalue weighted by Gasteiger charge is -2.36. The van der Waals surface area contributed by atoms with Crippen molar-refractivity contribution in [3.8, 4) is 0 Å². The van der Waals surface area contributed by atoms with Gasteiger partial charge in [-0.2, -0.15) is 26.3 Å². The van der Waals surface area contributed by atoms with Gasteiger partial charge >= 0.3 is 18.3 Å². The monoisotopic (exact) mass is 354 g/mol. The number of carbonyl (C=O) groups excluding carboxylic acids is 1. The summed E-state index contributed by atoms with van der Waals surface area (Å²) in [4.78, 5) is 11.1. The quantitative estimate of drug-likeness (QED) is 0.801. The fourth-order valence-corrected chi connectivity index (χ4v) is 2.72. The molecule has 1 amide bonds. The van der Waals surface area contributed by atoms with Crippen molar-refractivity contribution in [1.82, 2.24) is 10.6 Å². The molecule has 1 aromatic carbocycles. The molecule has 0 radical (unpaired) electrons. The van der Waals surface area contributed by atoms with Gasteiger partial charge in [-0.1, -0.05) is 18.2 Å². The Morgan fingerprint density at radius 1 is 1.21 bits per heavy atom. The largest absolute Gasteiger partial charge is 0.471 e. The van der Waals surface area contributed by atoms with Crippen LogP contribution < -0.4 is 10.6 Å². The van der Waals surface area contributed by atoms with E-state index in [-0.39, 0.29) is 6.42 Å². The molecule has 2 rings (SSSR count). The Kier molecular flexibility index (Phi) is 5.12. The van der Waals surface area contributed by atoms with Crippen molar-refractivity contribution in [1.29, 1.82) is 0 Å². The van der Waals surface area contributed by atoms with E-state index >= 15 is 0 Å². The first-order valence-corrected chi connectivity index (χ1v) is 7.26. The third-order valence-electron chi connectivity index (χ3n) is 4.09. The van der Waals surface area contributed by atoms with E-state index in [1.54, 1.807) is 6.92 Å². The van der Waals surface area contributed by atoms with Gasteiger partial charge in [-0.3, -0.25) is 4.79 Å². The molecule has 3 unspecified atom stereocenters. The van der Waals surface area contributed by atoms with Gasteiger partial charge in [-0.15, -0.1) is 0 Å². The minimum absolute atomic E-state index is 0.122. The van der Waals surface area contributed by atoms with Crippen LogP contribution in [0.1, 0.15) is 30.4 Å². The smallest absolute Gasteiger partial charge is 0.344 e. The molecule has 3 nitrogen and oxygen atoms in total. The lowest BCUT2D eigenvalue weighted by molar-refractivity contribution is -0.174. The number of piperidine rings is 1. The van der Waals surface area contributed by atoms with Gasteiger partial charge in [0.25, 0.3) is 0 Å². The summed E-state index contributed by atoms with van der Waals surface area (Å²) in [7, 11) is 0. The molecule has 1 aliphatic rings. The zero-order valence-corrected chi connectivity index (χ0v) is 12.6. The van der Waals surface area contributed by atoms with Crippen molar-refractivity contribution in [3.05, 3.63) is 35.4 Å². The van der Waals surface area contributed by atoms with Crippen LogP contribution in [0.5, 0.6) is 0 Å². The molecule has 2 N–H and O–H groups in total. The fraction of sp³-hybridized carbons (Fsp3) is 0.533. The molecule has 0 bridgehead atoms. The van der Waals surface area contributed by atoms with Crippen LogP contribution in [0, 0.1) is 0 Å². The third-order valence-corrected chi connectivity index (χ3v) is 4.09. The number of benzene rings is 1.